The van der Waals surface area contributed by atoms with E-state index in [-0.39, 0.29) is 12.2 Å². The molecule has 0 aliphatic heterocycles. The van der Waals surface area contributed by atoms with Crippen molar-refractivity contribution >= 4 is 5.78 Å². The van der Waals surface area contributed by atoms with Gasteiger partial charge in [0.1, 0.15) is 17.3 Å². The zero-order chi connectivity index (χ0) is 20.5. The first-order chi connectivity index (χ1) is 14.0. The second-order valence-electron chi connectivity index (χ2n) is 8.23. The lowest BCUT2D eigenvalue weighted by Gasteiger charge is -2.47. The third kappa shape index (κ3) is 2.77. The fourth-order valence-electron chi connectivity index (χ4n) is 5.39. The smallest absolute Gasteiger partial charge is 0.168 e. The molecule has 0 saturated heterocycles. The van der Waals surface area contributed by atoms with Gasteiger partial charge in [-0.15, -0.1) is 0 Å². The molecule has 2 aliphatic rings. The van der Waals surface area contributed by atoms with Crippen molar-refractivity contribution in [1.82, 2.24) is 0 Å². The maximum atomic E-state index is 13.4. The molecular weight excluding hydrogens is 368 g/mol. The summed E-state index contributed by atoms with van der Waals surface area (Å²) in [6.45, 7) is 0. The lowest BCUT2D eigenvalue weighted by Crippen LogP contribution is -2.50. The van der Waals surface area contributed by atoms with Gasteiger partial charge < -0.3 is 4.42 Å². The van der Waals surface area contributed by atoms with Crippen molar-refractivity contribution in [1.29, 1.82) is 16.6 Å². The van der Waals surface area contributed by atoms with E-state index in [0.29, 0.717) is 32.1 Å². The highest BCUT2D eigenvalue weighted by atomic mass is 16.3. The number of carbonyl (C=O) groups is 1. The molecule has 3 N–H and O–H groups in total. The summed E-state index contributed by atoms with van der Waals surface area (Å²) in [5, 5.41) is 11.6. The van der Waals surface area contributed by atoms with Gasteiger partial charge in [-0.25, -0.2) is 16.6 Å². The van der Waals surface area contributed by atoms with Gasteiger partial charge in [0, 0.05) is 12.8 Å². The average Bonchev–Trinajstić information content (AvgIpc) is 3.36. The SMILES string of the molecule is N=NC1CC(N=N)(c2ccccc2)C2(CCC(Cc3ccco3)(N=N)CC2)C1=O. The minimum Gasteiger partial charge on any atom is -0.469 e. The normalized spacial score (nSPS) is 34.2. The molecule has 2 aliphatic carbocycles. The number of furan rings is 1. The lowest BCUT2D eigenvalue weighted by molar-refractivity contribution is -0.132. The van der Waals surface area contributed by atoms with Crippen LogP contribution in [0.3, 0.4) is 0 Å². The molecule has 1 spiro atoms. The molecule has 2 atom stereocenters. The Bertz CT molecular complexity index is 918. The fraction of sp³-hybridized carbons (Fsp3) is 0.476. The van der Waals surface area contributed by atoms with E-state index in [0.717, 1.165) is 11.3 Å². The summed E-state index contributed by atoms with van der Waals surface area (Å²) < 4.78 is 5.47. The molecule has 1 aromatic carbocycles. The van der Waals surface area contributed by atoms with Crippen LogP contribution in [0.2, 0.25) is 0 Å². The van der Waals surface area contributed by atoms with E-state index >= 15 is 0 Å². The van der Waals surface area contributed by atoms with Gasteiger partial charge in [-0.05, 0) is 43.4 Å². The number of benzene rings is 1. The van der Waals surface area contributed by atoms with Crippen molar-refractivity contribution in [3.05, 3.63) is 60.1 Å². The van der Waals surface area contributed by atoms with E-state index in [4.69, 9.17) is 21.0 Å². The predicted octanol–water partition coefficient (Wildman–Crippen LogP) is 5.45. The Morgan fingerprint density at radius 2 is 1.69 bits per heavy atom. The van der Waals surface area contributed by atoms with Gasteiger partial charge in [0.15, 0.2) is 5.78 Å². The van der Waals surface area contributed by atoms with Gasteiger partial charge in [-0.2, -0.15) is 15.3 Å². The van der Waals surface area contributed by atoms with Gasteiger partial charge >= 0.3 is 0 Å². The van der Waals surface area contributed by atoms with Crippen LogP contribution in [0, 0.1) is 22.0 Å². The molecule has 29 heavy (non-hydrogen) atoms. The van der Waals surface area contributed by atoms with Crippen LogP contribution in [0.5, 0.6) is 0 Å². The Balaban J connectivity index is 1.73. The van der Waals surface area contributed by atoms with Crippen molar-refractivity contribution in [3.63, 3.8) is 0 Å². The van der Waals surface area contributed by atoms with Gasteiger partial charge in [-0.1, -0.05) is 30.3 Å². The van der Waals surface area contributed by atoms with Gasteiger partial charge in [0.2, 0.25) is 0 Å². The summed E-state index contributed by atoms with van der Waals surface area (Å²) in [5.41, 5.74) is 21.7. The van der Waals surface area contributed by atoms with Crippen molar-refractivity contribution in [2.24, 2.45) is 20.8 Å². The first kappa shape index (κ1) is 19.3. The molecule has 150 valence electrons. The molecule has 8 nitrogen and oxygen atoms in total. The topological polar surface area (TPSA) is 139 Å². The maximum Gasteiger partial charge on any atom is 0.168 e. The van der Waals surface area contributed by atoms with Gasteiger partial charge in [-0.3, -0.25) is 4.79 Å². The Kier molecular flexibility index (Phi) is 4.72. The van der Waals surface area contributed by atoms with E-state index < -0.39 is 22.5 Å². The number of carbonyl (C=O) groups excluding carboxylic acids is 1. The molecule has 2 unspecified atom stereocenters. The first-order valence-corrected chi connectivity index (χ1v) is 9.81. The summed E-state index contributed by atoms with van der Waals surface area (Å²) in [5.74, 6) is 0.664. The molecule has 2 saturated carbocycles. The number of nitrogens with one attached hydrogen (secondary N) is 3. The third-order valence-corrected chi connectivity index (χ3v) is 7.01. The van der Waals surface area contributed by atoms with Crippen LogP contribution >= 0.6 is 0 Å². The second-order valence-corrected chi connectivity index (χ2v) is 8.23. The Morgan fingerprint density at radius 1 is 0.966 bits per heavy atom. The van der Waals surface area contributed by atoms with Gasteiger partial charge in [0.05, 0.1) is 17.2 Å². The molecule has 0 bridgehead atoms. The van der Waals surface area contributed by atoms with Crippen molar-refractivity contribution < 1.29 is 9.21 Å². The number of hydrogen-bond donors (Lipinski definition) is 3. The highest BCUT2D eigenvalue weighted by Gasteiger charge is 2.67. The Labute approximate surface area is 168 Å². The van der Waals surface area contributed by atoms with E-state index in [9.17, 15) is 4.79 Å². The molecule has 0 radical (unpaired) electrons. The van der Waals surface area contributed by atoms with E-state index in [1.807, 2.05) is 42.5 Å². The fourth-order valence-corrected chi connectivity index (χ4v) is 5.39. The molecule has 8 heteroatoms. The number of hydrogen-bond acceptors (Lipinski definition) is 8. The van der Waals surface area contributed by atoms with Crippen molar-refractivity contribution in [2.75, 3.05) is 0 Å². The largest absolute Gasteiger partial charge is 0.469 e. The van der Waals surface area contributed by atoms with Crippen LogP contribution in [-0.2, 0) is 16.8 Å². The van der Waals surface area contributed by atoms with Crippen molar-refractivity contribution in [3.8, 4) is 0 Å². The van der Waals surface area contributed by atoms with E-state index in [1.54, 1.807) is 6.26 Å². The monoisotopic (exact) mass is 392 g/mol. The minimum absolute atomic E-state index is 0.107. The second kappa shape index (κ2) is 7.09. The number of Topliss-reactive ketones (excluding diaryl/α,β-unsaturated/α-hetero) is 1. The van der Waals surface area contributed by atoms with Crippen LogP contribution in [0.15, 0.2) is 68.5 Å². The molecule has 4 rings (SSSR count). The Hall–Kier alpha value is -3.03. The highest BCUT2D eigenvalue weighted by molar-refractivity contribution is 5.94. The number of rotatable bonds is 6. The molecular formula is C21H24N6O2. The molecule has 1 aromatic heterocycles. The third-order valence-electron chi connectivity index (χ3n) is 7.01. The summed E-state index contributed by atoms with van der Waals surface area (Å²) in [6.07, 6.45) is 4.33. The van der Waals surface area contributed by atoms with E-state index in [2.05, 4.69) is 15.3 Å². The van der Waals surface area contributed by atoms with Crippen LogP contribution in [-0.4, -0.2) is 17.4 Å². The highest BCUT2D eigenvalue weighted by Crippen LogP contribution is 2.62. The molecule has 2 aromatic rings. The molecule has 2 fully saturated rings. The van der Waals surface area contributed by atoms with Crippen LogP contribution in [0.1, 0.15) is 43.4 Å². The zero-order valence-corrected chi connectivity index (χ0v) is 16.1. The number of ketones is 1. The summed E-state index contributed by atoms with van der Waals surface area (Å²) >= 11 is 0. The summed E-state index contributed by atoms with van der Waals surface area (Å²) in [4.78, 5) is 13.4. The van der Waals surface area contributed by atoms with E-state index in [1.165, 1.54) is 0 Å². The standard InChI is InChI=1S/C21H24N6O2/c22-25-17-14-21(27-24,15-5-2-1-3-6-15)20(18(17)28)10-8-19(26-23,9-11-20)13-16-7-4-12-29-16/h1-7,12,17,22-24H,8-11,13-14H2. The van der Waals surface area contributed by atoms with Crippen LogP contribution in [0.25, 0.3) is 0 Å². The van der Waals surface area contributed by atoms with Crippen molar-refractivity contribution in [2.45, 2.75) is 55.6 Å². The lowest BCUT2D eigenvalue weighted by atomic mass is 9.57. The van der Waals surface area contributed by atoms with Gasteiger partial charge in [0.25, 0.3) is 0 Å². The molecule has 0 amide bonds. The van der Waals surface area contributed by atoms with Crippen LogP contribution < -0.4 is 0 Å². The molecule has 1 heterocycles. The predicted molar refractivity (Wildman–Crippen MR) is 103 cm³/mol. The minimum atomic E-state index is -1.03. The first-order valence-electron chi connectivity index (χ1n) is 9.81. The average molecular weight is 392 g/mol. The quantitative estimate of drug-likeness (QED) is 0.563. The number of nitrogens with zero attached hydrogens (tertiary/aromatic N) is 3. The zero-order valence-electron chi connectivity index (χ0n) is 16.1. The Morgan fingerprint density at radius 3 is 2.24 bits per heavy atom. The van der Waals surface area contributed by atoms with Crippen LogP contribution in [0.4, 0.5) is 0 Å². The summed E-state index contributed by atoms with van der Waals surface area (Å²) in [7, 11) is 0. The summed E-state index contributed by atoms with van der Waals surface area (Å²) in [6, 6.07) is 12.4. The maximum absolute atomic E-state index is 13.4.